The zero-order valence-electron chi connectivity index (χ0n) is 14.9. The molecule has 3 rings (SSSR count). The van der Waals surface area contributed by atoms with Crippen LogP contribution in [-0.2, 0) is 11.3 Å². The van der Waals surface area contributed by atoms with E-state index in [4.69, 9.17) is 5.11 Å². The molecule has 0 spiro atoms. The van der Waals surface area contributed by atoms with Crippen LogP contribution in [0.15, 0.2) is 36.5 Å². The molecule has 0 saturated carbocycles. The van der Waals surface area contributed by atoms with Crippen LogP contribution < -0.4 is 5.32 Å². The van der Waals surface area contributed by atoms with Crippen LogP contribution in [0.4, 0.5) is 5.69 Å². The van der Waals surface area contributed by atoms with Crippen molar-refractivity contribution in [2.24, 2.45) is 0 Å². The van der Waals surface area contributed by atoms with Crippen LogP contribution in [0.5, 0.6) is 0 Å². The van der Waals surface area contributed by atoms with Gasteiger partial charge in [-0.05, 0) is 37.1 Å². The number of amides is 2. The summed E-state index contributed by atoms with van der Waals surface area (Å²) in [5.41, 5.74) is 2.16. The predicted molar refractivity (Wildman–Crippen MR) is 97.9 cm³/mol. The fourth-order valence-corrected chi connectivity index (χ4v) is 3.34. The summed E-state index contributed by atoms with van der Waals surface area (Å²) in [6, 6.07) is 8.99. The second-order valence-corrected chi connectivity index (χ2v) is 6.58. The summed E-state index contributed by atoms with van der Waals surface area (Å²) in [4.78, 5) is 25.9. The standard InChI is InChI=1S/C19H24N4O3/c1-14(25)20-17-6-2-4-15(12-17)19(26)22-8-3-5-16(13-22)18-7-9-23(21-18)10-11-24/h2,4,6-7,9,12,16,24H,3,5,8,10-11,13H2,1H3,(H,20,25). The molecule has 1 atom stereocenters. The SMILES string of the molecule is CC(=O)Nc1cccc(C(=O)N2CCCC(c3ccn(CCO)n3)C2)c1. The molecule has 1 aliphatic rings. The number of hydrogen-bond acceptors (Lipinski definition) is 4. The number of aromatic nitrogens is 2. The Morgan fingerprint density at radius 1 is 1.35 bits per heavy atom. The zero-order valence-corrected chi connectivity index (χ0v) is 14.9. The van der Waals surface area contributed by atoms with Crippen LogP contribution in [0.1, 0.15) is 41.7 Å². The van der Waals surface area contributed by atoms with Gasteiger partial charge in [0.25, 0.3) is 5.91 Å². The van der Waals surface area contributed by atoms with Crippen molar-refractivity contribution in [3.8, 4) is 0 Å². The monoisotopic (exact) mass is 356 g/mol. The minimum absolute atomic E-state index is 0.0308. The number of carbonyl (C=O) groups is 2. The minimum atomic E-state index is -0.161. The number of piperidine rings is 1. The number of nitrogens with one attached hydrogen (secondary N) is 1. The minimum Gasteiger partial charge on any atom is -0.394 e. The summed E-state index contributed by atoms with van der Waals surface area (Å²) in [5.74, 6) is 0.00830. The maximum Gasteiger partial charge on any atom is 0.253 e. The third-order valence-electron chi connectivity index (χ3n) is 4.55. The first kappa shape index (κ1) is 18.1. The number of nitrogens with zero attached hydrogens (tertiary/aromatic N) is 3. The van der Waals surface area contributed by atoms with Crippen molar-refractivity contribution in [1.82, 2.24) is 14.7 Å². The molecule has 1 saturated heterocycles. The van der Waals surface area contributed by atoms with Gasteiger partial charge in [0.2, 0.25) is 5.91 Å². The van der Waals surface area contributed by atoms with E-state index in [1.54, 1.807) is 28.9 Å². The van der Waals surface area contributed by atoms with E-state index >= 15 is 0 Å². The smallest absolute Gasteiger partial charge is 0.253 e. The number of aliphatic hydroxyl groups excluding tert-OH is 1. The Morgan fingerprint density at radius 3 is 2.96 bits per heavy atom. The summed E-state index contributed by atoms with van der Waals surface area (Å²) in [6.45, 7) is 3.32. The highest BCUT2D eigenvalue weighted by atomic mass is 16.3. The van der Waals surface area contributed by atoms with E-state index in [0.29, 0.717) is 24.3 Å². The molecular formula is C19H24N4O3. The quantitative estimate of drug-likeness (QED) is 0.856. The third kappa shape index (κ3) is 4.29. The molecule has 1 unspecified atom stereocenters. The van der Waals surface area contributed by atoms with Crippen LogP contribution in [0.25, 0.3) is 0 Å². The second-order valence-electron chi connectivity index (χ2n) is 6.58. The van der Waals surface area contributed by atoms with Crippen LogP contribution in [0.2, 0.25) is 0 Å². The van der Waals surface area contributed by atoms with Gasteiger partial charge in [0.15, 0.2) is 0 Å². The van der Waals surface area contributed by atoms with E-state index in [2.05, 4.69) is 10.4 Å². The van der Waals surface area contributed by atoms with Crippen molar-refractivity contribution >= 4 is 17.5 Å². The first-order valence-corrected chi connectivity index (χ1v) is 8.88. The fraction of sp³-hybridized carbons (Fsp3) is 0.421. The maximum absolute atomic E-state index is 12.9. The molecule has 0 radical (unpaired) electrons. The third-order valence-corrected chi connectivity index (χ3v) is 4.55. The Morgan fingerprint density at radius 2 is 2.19 bits per heavy atom. The zero-order chi connectivity index (χ0) is 18.5. The highest BCUT2D eigenvalue weighted by Crippen LogP contribution is 2.27. The van der Waals surface area contributed by atoms with Crippen molar-refractivity contribution in [1.29, 1.82) is 0 Å². The highest BCUT2D eigenvalue weighted by Gasteiger charge is 2.27. The van der Waals surface area contributed by atoms with Crippen molar-refractivity contribution in [3.63, 3.8) is 0 Å². The van der Waals surface area contributed by atoms with Crippen molar-refractivity contribution in [2.75, 3.05) is 25.0 Å². The molecule has 138 valence electrons. The average Bonchev–Trinajstić information content (AvgIpc) is 3.10. The molecule has 0 aliphatic carbocycles. The number of likely N-dealkylation sites (tertiary alicyclic amines) is 1. The molecule has 2 aromatic rings. The molecule has 2 amide bonds. The van der Waals surface area contributed by atoms with E-state index in [1.165, 1.54) is 6.92 Å². The lowest BCUT2D eigenvalue weighted by Gasteiger charge is -2.32. The normalized spacial score (nSPS) is 17.2. The van der Waals surface area contributed by atoms with E-state index in [1.807, 2.05) is 17.2 Å². The number of carbonyl (C=O) groups excluding carboxylic acids is 2. The van der Waals surface area contributed by atoms with Crippen LogP contribution in [0, 0.1) is 0 Å². The summed E-state index contributed by atoms with van der Waals surface area (Å²) in [7, 11) is 0. The Kier molecular flexibility index (Phi) is 5.68. The Hall–Kier alpha value is -2.67. The van der Waals surface area contributed by atoms with Gasteiger partial charge < -0.3 is 15.3 Å². The fourth-order valence-electron chi connectivity index (χ4n) is 3.34. The van der Waals surface area contributed by atoms with Gasteiger partial charge in [-0.25, -0.2) is 0 Å². The second kappa shape index (κ2) is 8.14. The van der Waals surface area contributed by atoms with E-state index < -0.39 is 0 Å². The van der Waals surface area contributed by atoms with Crippen molar-refractivity contribution in [2.45, 2.75) is 32.2 Å². The largest absolute Gasteiger partial charge is 0.394 e. The van der Waals surface area contributed by atoms with Gasteiger partial charge in [-0.15, -0.1) is 0 Å². The van der Waals surface area contributed by atoms with Gasteiger partial charge in [0.1, 0.15) is 0 Å². The number of rotatable bonds is 5. The molecular weight excluding hydrogens is 332 g/mol. The van der Waals surface area contributed by atoms with Gasteiger partial charge in [0.05, 0.1) is 18.8 Å². The van der Waals surface area contributed by atoms with E-state index in [9.17, 15) is 9.59 Å². The van der Waals surface area contributed by atoms with E-state index in [0.717, 1.165) is 25.1 Å². The molecule has 1 aliphatic heterocycles. The molecule has 7 heteroatoms. The summed E-state index contributed by atoms with van der Waals surface area (Å²) >= 11 is 0. The first-order valence-electron chi connectivity index (χ1n) is 8.88. The van der Waals surface area contributed by atoms with E-state index in [-0.39, 0.29) is 24.3 Å². The van der Waals surface area contributed by atoms with Crippen LogP contribution in [-0.4, -0.2) is 51.3 Å². The van der Waals surface area contributed by atoms with Crippen molar-refractivity contribution < 1.29 is 14.7 Å². The highest BCUT2D eigenvalue weighted by molar-refractivity contribution is 5.96. The molecule has 1 fully saturated rings. The predicted octanol–water partition coefficient (Wildman–Crippen LogP) is 1.85. The molecule has 2 heterocycles. The molecule has 0 bridgehead atoms. The lowest BCUT2D eigenvalue weighted by Crippen LogP contribution is -2.39. The van der Waals surface area contributed by atoms with Crippen molar-refractivity contribution in [3.05, 3.63) is 47.8 Å². The molecule has 26 heavy (non-hydrogen) atoms. The molecule has 2 N–H and O–H groups in total. The molecule has 1 aromatic carbocycles. The summed E-state index contributed by atoms with van der Waals surface area (Å²) in [5, 5.41) is 16.2. The molecule has 1 aromatic heterocycles. The van der Waals surface area contributed by atoms with Gasteiger partial charge in [-0.2, -0.15) is 5.10 Å². The first-order chi connectivity index (χ1) is 12.6. The lowest BCUT2D eigenvalue weighted by atomic mass is 9.94. The molecule has 7 nitrogen and oxygen atoms in total. The van der Waals surface area contributed by atoms with Gasteiger partial charge in [0, 0.05) is 43.4 Å². The lowest BCUT2D eigenvalue weighted by molar-refractivity contribution is -0.114. The number of benzene rings is 1. The topological polar surface area (TPSA) is 87.5 Å². The van der Waals surface area contributed by atoms with Crippen LogP contribution >= 0.6 is 0 Å². The summed E-state index contributed by atoms with van der Waals surface area (Å²) < 4.78 is 1.73. The number of hydrogen-bond donors (Lipinski definition) is 2. The Balaban J connectivity index is 1.70. The van der Waals surface area contributed by atoms with Gasteiger partial charge in [-0.3, -0.25) is 14.3 Å². The average molecular weight is 356 g/mol. The van der Waals surface area contributed by atoms with Crippen LogP contribution in [0.3, 0.4) is 0 Å². The van der Waals surface area contributed by atoms with Gasteiger partial charge >= 0.3 is 0 Å². The Labute approximate surface area is 152 Å². The number of anilines is 1. The summed E-state index contributed by atoms with van der Waals surface area (Å²) in [6.07, 6.45) is 3.78. The number of aliphatic hydroxyl groups is 1. The Bertz CT molecular complexity index is 787. The van der Waals surface area contributed by atoms with Gasteiger partial charge in [-0.1, -0.05) is 6.07 Å². The maximum atomic E-state index is 12.9.